The topological polar surface area (TPSA) is 52.6 Å². The monoisotopic (exact) mass is 212 g/mol. The largest absolute Gasteiger partial charge is 0.466 e. The highest BCUT2D eigenvalue weighted by Gasteiger charge is 2.13. The molecule has 0 heterocycles. The zero-order valence-electron chi connectivity index (χ0n) is 9.32. The van der Waals surface area contributed by atoms with Crippen LogP contribution in [0.1, 0.15) is 33.1 Å². The minimum absolute atomic E-state index is 0.256. The second kappa shape index (κ2) is 8.32. The number of carbonyl (C=O) groups is 2. The lowest BCUT2D eigenvalue weighted by Crippen LogP contribution is -2.13. The van der Waals surface area contributed by atoms with Crippen molar-refractivity contribution in [1.29, 1.82) is 0 Å². The molecule has 0 N–H and O–H groups in total. The summed E-state index contributed by atoms with van der Waals surface area (Å²) in [6.45, 7) is 4.18. The van der Waals surface area contributed by atoms with Gasteiger partial charge in [-0.05, 0) is 26.7 Å². The van der Waals surface area contributed by atoms with Gasteiger partial charge in [0, 0.05) is 12.2 Å². The van der Waals surface area contributed by atoms with Crippen molar-refractivity contribution in [3.05, 3.63) is 0 Å². The highest BCUT2D eigenvalue weighted by molar-refractivity contribution is 6.22. The Balaban J connectivity index is 3.58. The Morgan fingerprint density at radius 3 is 2.33 bits per heavy atom. The fourth-order valence-electron chi connectivity index (χ4n) is 1.07. The van der Waals surface area contributed by atoms with Crippen molar-refractivity contribution in [2.45, 2.75) is 38.9 Å². The second-order valence-electron chi connectivity index (χ2n) is 3.06. The summed E-state index contributed by atoms with van der Waals surface area (Å²) in [4.78, 5) is 22.0. The number of esters is 2. The molecule has 0 aliphatic rings. The lowest BCUT2D eigenvalue weighted by Gasteiger charge is -2.09. The summed E-state index contributed by atoms with van der Waals surface area (Å²) >= 11 is 0. The third kappa shape index (κ3) is 7.00. The van der Waals surface area contributed by atoms with Crippen LogP contribution in [0.15, 0.2) is 0 Å². The lowest BCUT2D eigenvalue weighted by atomic mass is 9.83. The van der Waals surface area contributed by atoms with Crippen LogP contribution in [0.25, 0.3) is 0 Å². The maximum Gasteiger partial charge on any atom is 0.305 e. The third-order valence-electron chi connectivity index (χ3n) is 1.79. The lowest BCUT2D eigenvalue weighted by molar-refractivity contribution is -0.145. The van der Waals surface area contributed by atoms with Gasteiger partial charge in [0.15, 0.2) is 0 Å². The summed E-state index contributed by atoms with van der Waals surface area (Å²) in [5.74, 6) is -1.31. The van der Waals surface area contributed by atoms with Crippen LogP contribution < -0.4 is 0 Å². The van der Waals surface area contributed by atoms with Crippen molar-refractivity contribution in [2.24, 2.45) is 0 Å². The fourth-order valence-corrected chi connectivity index (χ4v) is 1.07. The van der Waals surface area contributed by atoms with Crippen LogP contribution in [0.5, 0.6) is 0 Å². The maximum absolute atomic E-state index is 11.1. The number of hydrogen-bond acceptors (Lipinski definition) is 4. The van der Waals surface area contributed by atoms with Gasteiger partial charge in [-0.1, -0.05) is 0 Å². The summed E-state index contributed by atoms with van der Waals surface area (Å²) < 4.78 is 9.46. The first-order valence-electron chi connectivity index (χ1n) is 5.19. The Hall–Kier alpha value is -0.995. The molecule has 0 aliphatic carbocycles. The van der Waals surface area contributed by atoms with Crippen molar-refractivity contribution < 1.29 is 19.1 Å². The fraction of sp³-hybridized carbons (Fsp3) is 0.800. The molecule has 0 fully saturated rings. The Kier molecular flexibility index (Phi) is 7.77. The molecule has 0 amide bonds. The summed E-state index contributed by atoms with van der Waals surface area (Å²) in [6.07, 6.45) is 1.28. The van der Waals surface area contributed by atoms with Crippen LogP contribution >= 0.6 is 0 Å². The Morgan fingerprint density at radius 1 is 1.20 bits per heavy atom. The van der Waals surface area contributed by atoms with Gasteiger partial charge in [-0.15, -0.1) is 0 Å². The van der Waals surface area contributed by atoms with E-state index in [9.17, 15) is 9.59 Å². The van der Waals surface area contributed by atoms with Gasteiger partial charge in [-0.25, -0.2) is 0 Å². The normalized spacial score (nSPS) is 11.9. The van der Waals surface area contributed by atoms with Crippen LogP contribution in [-0.4, -0.2) is 33.0 Å². The molecule has 5 heteroatoms. The summed E-state index contributed by atoms with van der Waals surface area (Å²) in [7, 11) is 5.54. The van der Waals surface area contributed by atoms with Crippen LogP contribution in [-0.2, 0) is 19.1 Å². The molecule has 0 aromatic rings. The van der Waals surface area contributed by atoms with Crippen molar-refractivity contribution in [2.75, 3.05) is 13.2 Å². The van der Waals surface area contributed by atoms with Crippen molar-refractivity contribution in [3.8, 4) is 0 Å². The molecule has 1 atom stereocenters. The zero-order chi connectivity index (χ0) is 11.7. The molecule has 0 aliphatic heterocycles. The second-order valence-corrected chi connectivity index (χ2v) is 3.06. The molecular weight excluding hydrogens is 195 g/mol. The Bertz CT molecular complexity index is 206. The minimum atomic E-state index is -0.639. The van der Waals surface area contributed by atoms with E-state index in [0.29, 0.717) is 32.5 Å². The van der Waals surface area contributed by atoms with Gasteiger partial charge < -0.3 is 9.47 Å². The molecule has 2 radical (unpaired) electrons. The quantitative estimate of drug-likeness (QED) is 0.470. The van der Waals surface area contributed by atoms with E-state index in [1.165, 1.54) is 0 Å². The van der Waals surface area contributed by atoms with E-state index in [2.05, 4.69) is 0 Å². The molecule has 1 unspecified atom stereocenters. The Morgan fingerprint density at radius 2 is 1.80 bits per heavy atom. The van der Waals surface area contributed by atoms with Crippen LogP contribution in [0, 0.1) is 0 Å². The van der Waals surface area contributed by atoms with E-state index in [4.69, 9.17) is 17.3 Å². The number of carbonyl (C=O) groups excluding carboxylic acids is 2. The zero-order valence-corrected chi connectivity index (χ0v) is 9.32. The highest BCUT2D eigenvalue weighted by atomic mass is 16.5. The van der Waals surface area contributed by atoms with Crippen molar-refractivity contribution in [3.63, 3.8) is 0 Å². The van der Waals surface area contributed by atoms with E-state index < -0.39 is 11.8 Å². The first-order chi connectivity index (χ1) is 7.11. The third-order valence-corrected chi connectivity index (χ3v) is 1.79. The van der Waals surface area contributed by atoms with E-state index in [1.807, 2.05) is 0 Å². The van der Waals surface area contributed by atoms with Gasteiger partial charge in [0.2, 0.25) is 0 Å². The molecule has 15 heavy (non-hydrogen) atoms. The molecule has 0 bridgehead atoms. The average Bonchev–Trinajstić information content (AvgIpc) is 2.18. The molecule has 0 aromatic carbocycles. The predicted octanol–water partition coefficient (Wildman–Crippen LogP) is 1.24. The molecule has 0 rings (SSSR count). The summed E-state index contributed by atoms with van der Waals surface area (Å²) in [5.41, 5.74) is 0. The SMILES string of the molecule is [B]C(CCCC(=O)OCC)C(=O)OCC. The average molecular weight is 212 g/mol. The van der Waals surface area contributed by atoms with Gasteiger partial charge in [0.1, 0.15) is 0 Å². The van der Waals surface area contributed by atoms with Crippen LogP contribution in [0.4, 0.5) is 0 Å². The van der Waals surface area contributed by atoms with Crippen molar-refractivity contribution >= 4 is 19.8 Å². The Labute approximate surface area is 91.7 Å². The number of hydrogen-bond donors (Lipinski definition) is 0. The van der Waals surface area contributed by atoms with Gasteiger partial charge >= 0.3 is 5.97 Å². The van der Waals surface area contributed by atoms with Crippen LogP contribution in [0.3, 0.4) is 0 Å². The van der Waals surface area contributed by atoms with E-state index in [-0.39, 0.29) is 5.97 Å². The standard InChI is InChI=1S/C10H17BO4/c1-3-14-9(12)7-5-6-8(11)10(13)15-4-2/h8H,3-7H2,1-2H3. The van der Waals surface area contributed by atoms with Crippen LogP contribution in [0.2, 0.25) is 5.82 Å². The first-order valence-corrected chi connectivity index (χ1v) is 5.19. The molecule has 0 aromatic heterocycles. The molecular formula is C10H17BO4. The van der Waals surface area contributed by atoms with Gasteiger partial charge in [-0.3, -0.25) is 9.59 Å². The molecule has 0 spiro atoms. The predicted molar refractivity (Wildman–Crippen MR) is 56.6 cm³/mol. The molecule has 0 saturated heterocycles. The van der Waals surface area contributed by atoms with E-state index >= 15 is 0 Å². The highest BCUT2D eigenvalue weighted by Crippen LogP contribution is 2.12. The van der Waals surface area contributed by atoms with E-state index in [0.717, 1.165) is 0 Å². The van der Waals surface area contributed by atoms with Gasteiger partial charge in [0.25, 0.3) is 5.97 Å². The molecule has 4 nitrogen and oxygen atoms in total. The first kappa shape index (κ1) is 14.0. The van der Waals surface area contributed by atoms with Gasteiger partial charge in [-0.2, -0.15) is 0 Å². The smallest absolute Gasteiger partial charge is 0.305 e. The van der Waals surface area contributed by atoms with E-state index in [1.54, 1.807) is 13.8 Å². The molecule has 84 valence electrons. The van der Waals surface area contributed by atoms with Gasteiger partial charge in [0.05, 0.1) is 21.1 Å². The summed E-state index contributed by atoms with van der Waals surface area (Å²) in [6, 6.07) is 0. The summed E-state index contributed by atoms with van der Waals surface area (Å²) in [5, 5.41) is 0. The minimum Gasteiger partial charge on any atom is -0.466 e. The van der Waals surface area contributed by atoms with Crippen molar-refractivity contribution in [1.82, 2.24) is 0 Å². The number of rotatable bonds is 7. The maximum atomic E-state index is 11.1. The number of ether oxygens (including phenoxy) is 2. The molecule has 0 saturated carbocycles.